The number of guanidine groups is 1. The molecule has 0 unspecified atom stereocenters. The molecule has 1 saturated heterocycles. The molecule has 0 atom stereocenters. The lowest BCUT2D eigenvalue weighted by Crippen LogP contribution is -2.40. The summed E-state index contributed by atoms with van der Waals surface area (Å²) in [5.74, 6) is 1.04. The van der Waals surface area contributed by atoms with E-state index in [1.807, 2.05) is 30.2 Å². The zero-order valence-corrected chi connectivity index (χ0v) is 18.4. The normalized spacial score (nSPS) is 18.7. The summed E-state index contributed by atoms with van der Waals surface area (Å²) in [6.07, 6.45) is 10.8. The fourth-order valence-electron chi connectivity index (χ4n) is 4.61. The van der Waals surface area contributed by atoms with E-state index in [2.05, 4.69) is 44.6 Å². The predicted molar refractivity (Wildman–Crippen MR) is 120 cm³/mol. The Labute approximate surface area is 179 Å². The molecule has 6 heteroatoms. The second kappa shape index (κ2) is 9.08. The summed E-state index contributed by atoms with van der Waals surface area (Å²) in [6.45, 7) is 3.90. The van der Waals surface area contributed by atoms with Gasteiger partial charge in [0.15, 0.2) is 5.96 Å². The van der Waals surface area contributed by atoms with Crippen LogP contribution in [-0.2, 0) is 13.1 Å². The van der Waals surface area contributed by atoms with E-state index in [-0.39, 0.29) is 24.0 Å². The van der Waals surface area contributed by atoms with Crippen molar-refractivity contribution in [2.75, 3.05) is 20.1 Å². The van der Waals surface area contributed by atoms with E-state index in [4.69, 9.17) is 0 Å². The summed E-state index contributed by atoms with van der Waals surface area (Å²) < 4.78 is 1.97. The second-order valence-corrected chi connectivity index (χ2v) is 7.75. The first kappa shape index (κ1) is 20.2. The lowest BCUT2D eigenvalue weighted by atomic mass is 9.86. The molecule has 146 valence electrons. The fourth-order valence-corrected chi connectivity index (χ4v) is 4.61. The van der Waals surface area contributed by atoms with Gasteiger partial charge in [0.2, 0.25) is 0 Å². The molecule has 4 rings (SSSR count). The van der Waals surface area contributed by atoms with Crippen LogP contribution in [0.4, 0.5) is 0 Å². The average Bonchev–Trinajstić information content (AvgIpc) is 3.41. The van der Waals surface area contributed by atoms with Gasteiger partial charge in [-0.3, -0.25) is 9.67 Å². The van der Waals surface area contributed by atoms with Crippen LogP contribution >= 0.6 is 24.0 Å². The van der Waals surface area contributed by atoms with E-state index < -0.39 is 0 Å². The van der Waals surface area contributed by atoms with Crippen LogP contribution in [0.25, 0.3) is 0 Å². The van der Waals surface area contributed by atoms with Gasteiger partial charge >= 0.3 is 0 Å². The highest BCUT2D eigenvalue weighted by Crippen LogP contribution is 2.45. The third-order valence-electron chi connectivity index (χ3n) is 6.06. The van der Waals surface area contributed by atoms with E-state index >= 15 is 0 Å². The van der Waals surface area contributed by atoms with Gasteiger partial charge in [-0.1, -0.05) is 37.1 Å². The highest BCUT2D eigenvalue weighted by molar-refractivity contribution is 14.0. The van der Waals surface area contributed by atoms with Crippen LogP contribution in [0.1, 0.15) is 43.2 Å². The van der Waals surface area contributed by atoms with Gasteiger partial charge in [0, 0.05) is 39.1 Å². The van der Waals surface area contributed by atoms with Crippen LogP contribution in [0.5, 0.6) is 0 Å². The number of rotatable bonds is 4. The molecule has 1 N–H and O–H groups in total. The SMILES string of the molecule is CN=C(NCc1ccccc1Cn1cccn1)N1CCC2(CCCC2)C1.I. The first-order valence-corrected chi connectivity index (χ1v) is 9.78. The zero-order chi connectivity index (χ0) is 17.8. The Morgan fingerprint density at radius 1 is 1.15 bits per heavy atom. The van der Waals surface area contributed by atoms with Crippen molar-refractivity contribution in [3.05, 3.63) is 53.9 Å². The minimum absolute atomic E-state index is 0. The molecule has 1 saturated carbocycles. The molecular weight excluding hydrogens is 449 g/mol. The molecule has 2 aromatic rings. The van der Waals surface area contributed by atoms with E-state index in [9.17, 15) is 0 Å². The van der Waals surface area contributed by atoms with Gasteiger partial charge in [0.1, 0.15) is 0 Å². The van der Waals surface area contributed by atoms with Crippen molar-refractivity contribution in [1.82, 2.24) is 20.0 Å². The highest BCUT2D eigenvalue weighted by atomic mass is 127. The maximum Gasteiger partial charge on any atom is 0.193 e. The Kier molecular flexibility index (Phi) is 6.78. The number of likely N-dealkylation sites (tertiary alicyclic amines) is 1. The number of aromatic nitrogens is 2. The van der Waals surface area contributed by atoms with Crippen LogP contribution in [-0.4, -0.2) is 40.8 Å². The highest BCUT2D eigenvalue weighted by Gasteiger charge is 2.41. The maximum absolute atomic E-state index is 4.56. The number of halogens is 1. The molecule has 1 aromatic carbocycles. The summed E-state index contributed by atoms with van der Waals surface area (Å²) in [5, 5.41) is 7.93. The van der Waals surface area contributed by atoms with Gasteiger partial charge in [0.05, 0.1) is 6.54 Å². The third-order valence-corrected chi connectivity index (χ3v) is 6.06. The zero-order valence-electron chi connectivity index (χ0n) is 16.1. The van der Waals surface area contributed by atoms with E-state index in [0.717, 1.165) is 25.6 Å². The monoisotopic (exact) mass is 479 g/mol. The van der Waals surface area contributed by atoms with Crippen molar-refractivity contribution >= 4 is 29.9 Å². The van der Waals surface area contributed by atoms with Crippen molar-refractivity contribution < 1.29 is 0 Å². The Morgan fingerprint density at radius 3 is 2.63 bits per heavy atom. The summed E-state index contributed by atoms with van der Waals surface area (Å²) >= 11 is 0. The van der Waals surface area contributed by atoms with Crippen LogP contribution in [0, 0.1) is 5.41 Å². The maximum atomic E-state index is 4.56. The smallest absolute Gasteiger partial charge is 0.193 e. The molecule has 2 heterocycles. The number of nitrogens with one attached hydrogen (secondary N) is 1. The molecule has 0 bridgehead atoms. The summed E-state index contributed by atoms with van der Waals surface area (Å²) in [7, 11) is 1.90. The Balaban J connectivity index is 0.00000210. The Hall–Kier alpha value is -1.57. The third kappa shape index (κ3) is 4.65. The Morgan fingerprint density at radius 2 is 1.93 bits per heavy atom. The van der Waals surface area contributed by atoms with Gasteiger partial charge in [-0.25, -0.2) is 0 Å². The van der Waals surface area contributed by atoms with Crippen molar-refractivity contribution in [2.24, 2.45) is 10.4 Å². The minimum Gasteiger partial charge on any atom is -0.352 e. The number of hydrogen-bond acceptors (Lipinski definition) is 2. The van der Waals surface area contributed by atoms with Crippen molar-refractivity contribution in [3.63, 3.8) is 0 Å². The van der Waals surface area contributed by atoms with E-state index in [1.54, 1.807) is 0 Å². The van der Waals surface area contributed by atoms with Crippen molar-refractivity contribution in [1.29, 1.82) is 0 Å². The number of hydrogen-bond donors (Lipinski definition) is 1. The van der Waals surface area contributed by atoms with Gasteiger partial charge in [-0.2, -0.15) is 5.10 Å². The largest absolute Gasteiger partial charge is 0.352 e. The van der Waals surface area contributed by atoms with Gasteiger partial charge in [-0.15, -0.1) is 24.0 Å². The topological polar surface area (TPSA) is 45.5 Å². The quantitative estimate of drug-likeness (QED) is 0.411. The second-order valence-electron chi connectivity index (χ2n) is 7.75. The summed E-state index contributed by atoms with van der Waals surface area (Å²) in [4.78, 5) is 7.02. The molecule has 2 aliphatic rings. The Bertz CT molecular complexity index is 750. The first-order valence-electron chi connectivity index (χ1n) is 9.78. The predicted octanol–water partition coefficient (Wildman–Crippen LogP) is 3.89. The van der Waals surface area contributed by atoms with Gasteiger partial charge in [-0.05, 0) is 41.9 Å². The van der Waals surface area contributed by atoms with E-state index in [0.29, 0.717) is 5.41 Å². The van der Waals surface area contributed by atoms with Crippen molar-refractivity contribution in [2.45, 2.75) is 45.2 Å². The lowest BCUT2D eigenvalue weighted by molar-refractivity contribution is 0.309. The number of nitrogens with zero attached hydrogens (tertiary/aromatic N) is 4. The summed E-state index contributed by atoms with van der Waals surface area (Å²) in [6, 6.07) is 10.6. The molecule has 1 aliphatic carbocycles. The average molecular weight is 479 g/mol. The van der Waals surface area contributed by atoms with Crippen LogP contribution in [0.2, 0.25) is 0 Å². The van der Waals surface area contributed by atoms with Crippen LogP contribution < -0.4 is 5.32 Å². The molecule has 27 heavy (non-hydrogen) atoms. The minimum atomic E-state index is 0. The molecule has 5 nitrogen and oxygen atoms in total. The fraction of sp³-hybridized carbons (Fsp3) is 0.524. The molecule has 0 amide bonds. The van der Waals surface area contributed by atoms with E-state index in [1.165, 1.54) is 49.8 Å². The molecular formula is C21H30IN5. The molecule has 1 aliphatic heterocycles. The molecule has 1 spiro atoms. The van der Waals surface area contributed by atoms with Gasteiger partial charge in [0.25, 0.3) is 0 Å². The lowest BCUT2D eigenvalue weighted by Gasteiger charge is -2.26. The first-order chi connectivity index (χ1) is 12.8. The molecule has 0 radical (unpaired) electrons. The van der Waals surface area contributed by atoms with Crippen LogP contribution in [0.3, 0.4) is 0 Å². The number of benzene rings is 1. The standard InChI is InChI=1S/C21H29N5.HI/c1-22-20(25-14-11-21(17-25)9-4-5-10-21)23-15-18-7-2-3-8-19(18)16-26-13-6-12-24-26;/h2-3,6-8,12-13H,4-5,9-11,14-17H2,1H3,(H,22,23);1H. The van der Waals surface area contributed by atoms with Crippen molar-refractivity contribution in [3.8, 4) is 0 Å². The van der Waals surface area contributed by atoms with Gasteiger partial charge < -0.3 is 10.2 Å². The summed E-state index contributed by atoms with van der Waals surface area (Å²) in [5.41, 5.74) is 3.17. The van der Waals surface area contributed by atoms with Crippen LogP contribution in [0.15, 0.2) is 47.7 Å². The molecule has 1 aromatic heterocycles. The molecule has 2 fully saturated rings. The number of aliphatic imine (C=N–C) groups is 1.